The van der Waals surface area contributed by atoms with Crippen molar-refractivity contribution in [3.05, 3.63) is 89.5 Å². The lowest BCUT2D eigenvalue weighted by molar-refractivity contribution is -0.124. The number of methoxy groups -OCH3 is 1. The standard InChI is InChI=1S/C26H27N3O4/c1-19-7-9-21(10-8-19)18-33-22-13-11-20(12-14-22)17-27-29-26(31)16-15-25(30)28-23-5-3-4-6-24(23)32-2/h3-14,17H,15-16,18H2,1-2H3,(H,28,30)(H,29,31). The van der Waals surface area contributed by atoms with Crippen LogP contribution in [0.5, 0.6) is 11.5 Å². The zero-order chi connectivity index (χ0) is 23.5. The van der Waals surface area contributed by atoms with Crippen molar-refractivity contribution in [1.82, 2.24) is 5.43 Å². The number of nitrogens with one attached hydrogen (secondary N) is 2. The number of benzene rings is 3. The van der Waals surface area contributed by atoms with Crippen LogP contribution in [0.3, 0.4) is 0 Å². The minimum absolute atomic E-state index is 0.0180. The zero-order valence-corrected chi connectivity index (χ0v) is 18.7. The van der Waals surface area contributed by atoms with Gasteiger partial charge in [0.2, 0.25) is 11.8 Å². The van der Waals surface area contributed by atoms with Crippen molar-refractivity contribution in [1.29, 1.82) is 0 Å². The Labute approximate surface area is 193 Å². The van der Waals surface area contributed by atoms with E-state index in [1.165, 1.54) is 18.9 Å². The van der Waals surface area contributed by atoms with Crippen LogP contribution in [-0.2, 0) is 16.2 Å². The lowest BCUT2D eigenvalue weighted by Crippen LogP contribution is -2.20. The van der Waals surface area contributed by atoms with E-state index in [1.807, 2.05) is 49.4 Å². The first-order chi connectivity index (χ1) is 16.0. The van der Waals surface area contributed by atoms with E-state index >= 15 is 0 Å². The van der Waals surface area contributed by atoms with Crippen molar-refractivity contribution in [2.75, 3.05) is 12.4 Å². The predicted octanol–water partition coefficient (Wildman–Crippen LogP) is 4.45. The molecule has 0 bridgehead atoms. The number of hydrogen-bond donors (Lipinski definition) is 2. The van der Waals surface area contributed by atoms with Crippen molar-refractivity contribution in [2.45, 2.75) is 26.4 Å². The molecule has 3 aromatic rings. The van der Waals surface area contributed by atoms with Crippen LogP contribution >= 0.6 is 0 Å². The molecule has 0 aliphatic heterocycles. The Hall–Kier alpha value is -4.13. The van der Waals surface area contributed by atoms with Crippen molar-refractivity contribution in [2.24, 2.45) is 5.10 Å². The molecule has 0 radical (unpaired) electrons. The number of nitrogens with zero attached hydrogens (tertiary/aromatic N) is 1. The van der Waals surface area contributed by atoms with Crippen LogP contribution in [0.1, 0.15) is 29.5 Å². The van der Waals surface area contributed by atoms with Crippen LogP contribution in [0, 0.1) is 6.92 Å². The van der Waals surface area contributed by atoms with Gasteiger partial charge in [0, 0.05) is 12.8 Å². The molecule has 2 N–H and O–H groups in total. The molecule has 3 aromatic carbocycles. The largest absolute Gasteiger partial charge is 0.495 e. The topological polar surface area (TPSA) is 89.0 Å². The number of ether oxygens (including phenoxy) is 2. The smallest absolute Gasteiger partial charge is 0.240 e. The number of hydrogen-bond acceptors (Lipinski definition) is 5. The van der Waals surface area contributed by atoms with Gasteiger partial charge in [-0.05, 0) is 54.4 Å². The van der Waals surface area contributed by atoms with Crippen LogP contribution in [0.15, 0.2) is 77.9 Å². The van der Waals surface area contributed by atoms with Gasteiger partial charge in [-0.2, -0.15) is 5.10 Å². The number of anilines is 1. The summed E-state index contributed by atoms with van der Waals surface area (Å²) in [4.78, 5) is 24.0. The van der Waals surface area contributed by atoms with Gasteiger partial charge in [0.05, 0.1) is 19.0 Å². The molecule has 0 aromatic heterocycles. The molecule has 170 valence electrons. The molecular weight excluding hydrogens is 418 g/mol. The van der Waals surface area contributed by atoms with Crippen molar-refractivity contribution in [3.63, 3.8) is 0 Å². The molecule has 0 atom stereocenters. The Kier molecular flexibility index (Phi) is 8.59. The number of carbonyl (C=O) groups is 2. The predicted molar refractivity (Wildman–Crippen MR) is 129 cm³/mol. The van der Waals surface area contributed by atoms with Gasteiger partial charge < -0.3 is 14.8 Å². The number of aryl methyl sites for hydroxylation is 1. The third kappa shape index (κ3) is 7.81. The summed E-state index contributed by atoms with van der Waals surface area (Å²) >= 11 is 0. The van der Waals surface area contributed by atoms with Gasteiger partial charge in [0.1, 0.15) is 18.1 Å². The second-order valence-corrected chi connectivity index (χ2v) is 7.38. The lowest BCUT2D eigenvalue weighted by Gasteiger charge is -2.09. The zero-order valence-electron chi connectivity index (χ0n) is 18.7. The summed E-state index contributed by atoms with van der Waals surface area (Å²) in [6.45, 7) is 2.54. The number of carbonyl (C=O) groups excluding carboxylic acids is 2. The number of amides is 2. The molecule has 7 nitrogen and oxygen atoms in total. The summed E-state index contributed by atoms with van der Waals surface area (Å²) < 4.78 is 11.0. The van der Waals surface area contributed by atoms with E-state index in [4.69, 9.17) is 9.47 Å². The van der Waals surface area contributed by atoms with Gasteiger partial charge in [-0.15, -0.1) is 0 Å². The fourth-order valence-electron chi connectivity index (χ4n) is 2.92. The third-order valence-corrected chi connectivity index (χ3v) is 4.77. The summed E-state index contributed by atoms with van der Waals surface area (Å²) in [5.41, 5.74) is 6.13. The van der Waals surface area contributed by atoms with E-state index in [9.17, 15) is 9.59 Å². The van der Waals surface area contributed by atoms with Gasteiger partial charge >= 0.3 is 0 Å². The fourth-order valence-corrected chi connectivity index (χ4v) is 2.92. The number of rotatable bonds is 10. The highest BCUT2D eigenvalue weighted by atomic mass is 16.5. The minimum atomic E-state index is -0.348. The highest BCUT2D eigenvalue weighted by Crippen LogP contribution is 2.23. The first kappa shape index (κ1) is 23.5. The molecule has 0 saturated heterocycles. The summed E-state index contributed by atoms with van der Waals surface area (Å²) in [6, 6.07) is 22.7. The van der Waals surface area contributed by atoms with E-state index in [0.29, 0.717) is 18.0 Å². The average Bonchev–Trinajstić information content (AvgIpc) is 2.83. The second kappa shape index (κ2) is 12.0. The Morgan fingerprint density at radius 3 is 2.33 bits per heavy atom. The molecule has 33 heavy (non-hydrogen) atoms. The van der Waals surface area contributed by atoms with E-state index in [0.717, 1.165) is 16.9 Å². The Morgan fingerprint density at radius 1 is 0.909 bits per heavy atom. The number of para-hydroxylation sites is 2. The monoisotopic (exact) mass is 445 g/mol. The van der Waals surface area contributed by atoms with Crippen LogP contribution in [-0.4, -0.2) is 25.1 Å². The molecule has 0 aliphatic rings. The van der Waals surface area contributed by atoms with Crippen LogP contribution < -0.4 is 20.2 Å². The molecular formula is C26H27N3O4. The van der Waals surface area contributed by atoms with Gasteiger partial charge in [-0.1, -0.05) is 42.0 Å². The molecule has 0 unspecified atom stereocenters. The molecule has 0 saturated carbocycles. The van der Waals surface area contributed by atoms with E-state index in [-0.39, 0.29) is 24.7 Å². The second-order valence-electron chi connectivity index (χ2n) is 7.38. The summed E-state index contributed by atoms with van der Waals surface area (Å²) in [6.07, 6.45) is 1.59. The maximum absolute atomic E-state index is 12.1. The summed E-state index contributed by atoms with van der Waals surface area (Å²) in [7, 11) is 1.53. The van der Waals surface area contributed by atoms with Gasteiger partial charge in [0.15, 0.2) is 0 Å². The van der Waals surface area contributed by atoms with Crippen molar-refractivity contribution < 1.29 is 19.1 Å². The van der Waals surface area contributed by atoms with Crippen LogP contribution in [0.2, 0.25) is 0 Å². The van der Waals surface area contributed by atoms with E-state index < -0.39 is 0 Å². The van der Waals surface area contributed by atoms with Gasteiger partial charge in [0.25, 0.3) is 0 Å². The van der Waals surface area contributed by atoms with Crippen molar-refractivity contribution >= 4 is 23.7 Å². The average molecular weight is 446 g/mol. The molecule has 0 aliphatic carbocycles. The third-order valence-electron chi connectivity index (χ3n) is 4.77. The number of hydrazone groups is 1. The molecule has 0 fully saturated rings. The van der Waals surface area contributed by atoms with Gasteiger partial charge in [-0.25, -0.2) is 5.43 Å². The highest BCUT2D eigenvalue weighted by molar-refractivity contribution is 5.94. The lowest BCUT2D eigenvalue weighted by atomic mass is 10.2. The molecule has 2 amide bonds. The van der Waals surface area contributed by atoms with Crippen LogP contribution in [0.25, 0.3) is 0 Å². The SMILES string of the molecule is COc1ccccc1NC(=O)CCC(=O)NN=Cc1ccc(OCc2ccc(C)cc2)cc1. The Morgan fingerprint density at radius 2 is 1.61 bits per heavy atom. The Balaban J connectivity index is 1.38. The van der Waals surface area contributed by atoms with Gasteiger partial charge in [-0.3, -0.25) is 9.59 Å². The van der Waals surface area contributed by atoms with E-state index in [1.54, 1.807) is 18.2 Å². The van der Waals surface area contributed by atoms with Crippen molar-refractivity contribution in [3.8, 4) is 11.5 Å². The maximum Gasteiger partial charge on any atom is 0.240 e. The molecule has 7 heteroatoms. The first-order valence-corrected chi connectivity index (χ1v) is 10.6. The van der Waals surface area contributed by atoms with Crippen LogP contribution in [0.4, 0.5) is 5.69 Å². The summed E-state index contributed by atoms with van der Waals surface area (Å²) in [5.74, 6) is 0.684. The quantitative estimate of drug-likeness (QED) is 0.356. The first-order valence-electron chi connectivity index (χ1n) is 10.6. The Bertz CT molecular complexity index is 1090. The minimum Gasteiger partial charge on any atom is -0.495 e. The maximum atomic E-state index is 12.1. The van der Waals surface area contributed by atoms with E-state index in [2.05, 4.69) is 28.0 Å². The fraction of sp³-hybridized carbons (Fsp3) is 0.192. The molecule has 3 rings (SSSR count). The highest BCUT2D eigenvalue weighted by Gasteiger charge is 2.09. The summed E-state index contributed by atoms with van der Waals surface area (Å²) in [5, 5.41) is 6.68. The molecule has 0 heterocycles. The molecule has 0 spiro atoms. The normalized spacial score (nSPS) is 10.6.